The zero-order valence-electron chi connectivity index (χ0n) is 11.7. The average molecular weight is 270 g/mol. The first-order valence-electron chi connectivity index (χ1n) is 6.86. The van der Waals surface area contributed by atoms with Crippen molar-refractivity contribution in [2.24, 2.45) is 0 Å². The molecule has 4 heteroatoms. The summed E-state index contributed by atoms with van der Waals surface area (Å²) in [6.07, 6.45) is 2.60. The summed E-state index contributed by atoms with van der Waals surface area (Å²) in [5.41, 5.74) is 3.31. The lowest BCUT2D eigenvalue weighted by atomic mass is 10.1. The van der Waals surface area contributed by atoms with E-state index in [2.05, 4.69) is 18.3 Å². The predicted molar refractivity (Wildman–Crippen MR) is 78.9 cm³/mol. The van der Waals surface area contributed by atoms with Crippen molar-refractivity contribution in [3.8, 4) is 0 Å². The van der Waals surface area contributed by atoms with Crippen LogP contribution >= 0.6 is 0 Å². The molecule has 1 aromatic carbocycles. The van der Waals surface area contributed by atoms with E-state index >= 15 is 0 Å². The van der Waals surface area contributed by atoms with Gasteiger partial charge in [0.15, 0.2) is 0 Å². The Balaban J connectivity index is 1.78. The number of hydrogen-bond donors (Lipinski definition) is 1. The van der Waals surface area contributed by atoms with Crippen molar-refractivity contribution >= 4 is 17.3 Å². The van der Waals surface area contributed by atoms with Crippen LogP contribution in [0.15, 0.2) is 41.0 Å². The molecular formula is C16H18N2O2. The molecular weight excluding hydrogens is 252 g/mol. The SMILES string of the molecule is CC(=O)N1CCc2cc(NC(C)c3ccco3)ccc21. The zero-order valence-corrected chi connectivity index (χ0v) is 11.7. The number of carbonyl (C=O) groups excluding carboxylic acids is 1. The molecule has 1 atom stereocenters. The van der Waals surface area contributed by atoms with Crippen LogP contribution in [0.3, 0.4) is 0 Å². The van der Waals surface area contributed by atoms with Crippen molar-refractivity contribution in [1.82, 2.24) is 0 Å². The van der Waals surface area contributed by atoms with Gasteiger partial charge in [-0.25, -0.2) is 0 Å². The number of furan rings is 1. The van der Waals surface area contributed by atoms with E-state index in [1.807, 2.05) is 29.2 Å². The predicted octanol–water partition coefficient (Wildman–Crippen LogP) is 3.36. The lowest BCUT2D eigenvalue weighted by Gasteiger charge is -2.16. The fraction of sp³-hybridized carbons (Fsp3) is 0.312. The maximum atomic E-state index is 11.5. The number of anilines is 2. The number of amides is 1. The van der Waals surface area contributed by atoms with Crippen molar-refractivity contribution in [2.75, 3.05) is 16.8 Å². The van der Waals surface area contributed by atoms with Gasteiger partial charge in [-0.1, -0.05) is 0 Å². The van der Waals surface area contributed by atoms with Crippen LogP contribution in [0.25, 0.3) is 0 Å². The van der Waals surface area contributed by atoms with E-state index in [4.69, 9.17) is 4.42 Å². The van der Waals surface area contributed by atoms with Gasteiger partial charge in [-0.15, -0.1) is 0 Å². The van der Waals surface area contributed by atoms with E-state index in [0.717, 1.165) is 30.1 Å². The summed E-state index contributed by atoms with van der Waals surface area (Å²) >= 11 is 0. The molecule has 0 radical (unpaired) electrons. The number of carbonyl (C=O) groups is 1. The third-order valence-electron chi connectivity index (χ3n) is 3.71. The topological polar surface area (TPSA) is 45.5 Å². The molecule has 1 aliphatic rings. The largest absolute Gasteiger partial charge is 0.467 e. The zero-order chi connectivity index (χ0) is 14.1. The lowest BCUT2D eigenvalue weighted by molar-refractivity contribution is -0.116. The van der Waals surface area contributed by atoms with Crippen molar-refractivity contribution in [3.63, 3.8) is 0 Å². The number of benzene rings is 1. The number of hydrogen-bond acceptors (Lipinski definition) is 3. The molecule has 0 aliphatic carbocycles. The Morgan fingerprint density at radius 1 is 1.40 bits per heavy atom. The third-order valence-corrected chi connectivity index (χ3v) is 3.71. The van der Waals surface area contributed by atoms with Crippen LogP contribution in [0.5, 0.6) is 0 Å². The number of nitrogens with zero attached hydrogens (tertiary/aromatic N) is 1. The van der Waals surface area contributed by atoms with E-state index in [1.54, 1.807) is 13.2 Å². The molecule has 1 aromatic heterocycles. The van der Waals surface area contributed by atoms with Gasteiger partial charge in [-0.2, -0.15) is 0 Å². The van der Waals surface area contributed by atoms with Crippen LogP contribution in [0, 0.1) is 0 Å². The first-order chi connectivity index (χ1) is 9.65. The molecule has 1 aliphatic heterocycles. The van der Waals surface area contributed by atoms with Crippen LogP contribution in [0.1, 0.15) is 31.2 Å². The second-order valence-corrected chi connectivity index (χ2v) is 5.15. The summed E-state index contributed by atoms with van der Waals surface area (Å²) in [5, 5.41) is 3.42. The van der Waals surface area contributed by atoms with Crippen LogP contribution in [-0.4, -0.2) is 12.5 Å². The van der Waals surface area contributed by atoms with Gasteiger partial charge in [0, 0.05) is 24.8 Å². The summed E-state index contributed by atoms with van der Waals surface area (Å²) in [4.78, 5) is 13.4. The summed E-state index contributed by atoms with van der Waals surface area (Å²) in [6, 6.07) is 10.1. The smallest absolute Gasteiger partial charge is 0.223 e. The molecule has 3 rings (SSSR count). The average Bonchev–Trinajstić information content (AvgIpc) is 3.07. The summed E-state index contributed by atoms with van der Waals surface area (Å²) in [5.74, 6) is 1.02. The fourth-order valence-electron chi connectivity index (χ4n) is 2.68. The Hall–Kier alpha value is -2.23. The van der Waals surface area contributed by atoms with Crippen molar-refractivity contribution in [3.05, 3.63) is 47.9 Å². The Morgan fingerprint density at radius 3 is 2.95 bits per heavy atom. The molecule has 20 heavy (non-hydrogen) atoms. The van der Waals surface area contributed by atoms with Gasteiger partial charge in [0.1, 0.15) is 5.76 Å². The summed E-state index contributed by atoms with van der Waals surface area (Å²) < 4.78 is 5.39. The molecule has 1 amide bonds. The van der Waals surface area contributed by atoms with Gasteiger partial charge in [0.05, 0.1) is 12.3 Å². The Morgan fingerprint density at radius 2 is 2.25 bits per heavy atom. The first kappa shape index (κ1) is 12.8. The van der Waals surface area contributed by atoms with E-state index in [0.29, 0.717) is 0 Å². The standard InChI is InChI=1S/C16H18N2O2/c1-11(16-4-3-9-20-16)17-14-5-6-15-13(10-14)7-8-18(15)12(2)19/h3-6,9-11,17H,7-8H2,1-2H3. The van der Waals surface area contributed by atoms with Gasteiger partial charge >= 0.3 is 0 Å². The highest BCUT2D eigenvalue weighted by atomic mass is 16.3. The molecule has 0 saturated carbocycles. The lowest BCUT2D eigenvalue weighted by Crippen LogP contribution is -2.25. The van der Waals surface area contributed by atoms with Gasteiger partial charge in [-0.3, -0.25) is 4.79 Å². The summed E-state index contributed by atoms with van der Waals surface area (Å²) in [7, 11) is 0. The monoisotopic (exact) mass is 270 g/mol. The summed E-state index contributed by atoms with van der Waals surface area (Å²) in [6.45, 7) is 4.45. The normalized spacial score (nSPS) is 15.0. The quantitative estimate of drug-likeness (QED) is 0.930. The molecule has 0 fully saturated rings. The first-order valence-corrected chi connectivity index (χ1v) is 6.86. The Labute approximate surface area is 118 Å². The second kappa shape index (κ2) is 5.04. The second-order valence-electron chi connectivity index (χ2n) is 5.15. The van der Waals surface area contributed by atoms with Gasteiger partial charge in [0.25, 0.3) is 0 Å². The molecule has 0 saturated heterocycles. The maximum absolute atomic E-state index is 11.5. The van der Waals surface area contributed by atoms with Crippen LogP contribution in [0.4, 0.5) is 11.4 Å². The number of nitrogens with one attached hydrogen (secondary N) is 1. The van der Waals surface area contributed by atoms with Crippen molar-refractivity contribution in [2.45, 2.75) is 26.3 Å². The molecule has 4 nitrogen and oxygen atoms in total. The van der Waals surface area contributed by atoms with E-state index in [9.17, 15) is 4.79 Å². The van der Waals surface area contributed by atoms with Crippen LogP contribution in [0.2, 0.25) is 0 Å². The molecule has 1 N–H and O–H groups in total. The Kier molecular flexibility index (Phi) is 3.22. The van der Waals surface area contributed by atoms with Crippen molar-refractivity contribution in [1.29, 1.82) is 0 Å². The van der Waals surface area contributed by atoms with Crippen LogP contribution in [-0.2, 0) is 11.2 Å². The minimum atomic E-state index is 0.105. The fourth-order valence-corrected chi connectivity index (χ4v) is 2.68. The molecule has 2 heterocycles. The number of fused-ring (bicyclic) bond motifs is 1. The highest BCUT2D eigenvalue weighted by Gasteiger charge is 2.22. The van der Waals surface area contributed by atoms with Gasteiger partial charge < -0.3 is 14.6 Å². The van der Waals surface area contributed by atoms with E-state index in [-0.39, 0.29) is 11.9 Å². The Bertz CT molecular complexity index is 619. The molecule has 104 valence electrons. The highest BCUT2D eigenvalue weighted by molar-refractivity contribution is 5.94. The third kappa shape index (κ3) is 2.29. The maximum Gasteiger partial charge on any atom is 0.223 e. The van der Waals surface area contributed by atoms with Crippen LogP contribution < -0.4 is 10.2 Å². The van der Waals surface area contributed by atoms with E-state index < -0.39 is 0 Å². The highest BCUT2D eigenvalue weighted by Crippen LogP contribution is 2.31. The minimum absolute atomic E-state index is 0.105. The molecule has 0 spiro atoms. The van der Waals surface area contributed by atoms with Crippen molar-refractivity contribution < 1.29 is 9.21 Å². The van der Waals surface area contributed by atoms with Gasteiger partial charge in [0.2, 0.25) is 5.91 Å². The number of rotatable bonds is 3. The molecule has 2 aromatic rings. The molecule has 1 unspecified atom stereocenters. The van der Waals surface area contributed by atoms with E-state index in [1.165, 1.54) is 5.56 Å². The molecule has 0 bridgehead atoms. The minimum Gasteiger partial charge on any atom is -0.467 e. The van der Waals surface area contributed by atoms with Gasteiger partial charge in [-0.05, 0) is 49.2 Å².